The van der Waals surface area contributed by atoms with Crippen molar-refractivity contribution in [2.45, 2.75) is 9.79 Å². The van der Waals surface area contributed by atoms with E-state index < -0.39 is 0 Å². The van der Waals surface area contributed by atoms with Gasteiger partial charge in [-0.05, 0) is 36.4 Å². The molecule has 5 rings (SSSR count). The molecule has 0 spiro atoms. The molecule has 8 heteroatoms. The number of hydrogen-bond acceptors (Lipinski definition) is 6. The second-order valence-corrected chi connectivity index (χ2v) is 8.97. The van der Waals surface area contributed by atoms with Gasteiger partial charge in [-0.15, -0.1) is 0 Å². The SMILES string of the molecule is Nc1ccc(N)c2c1SC(=C1C(=O)N(c3ccccc3)N(c3ccccc3)C1=O)S2. The molecule has 1 fully saturated rings. The van der Waals surface area contributed by atoms with E-state index in [1.165, 1.54) is 33.5 Å². The number of fused-ring (bicyclic) bond motifs is 1. The number of para-hydroxylation sites is 2. The highest BCUT2D eigenvalue weighted by Gasteiger charge is 2.46. The summed E-state index contributed by atoms with van der Waals surface area (Å²) in [5.41, 5.74) is 14.7. The maximum Gasteiger partial charge on any atom is 0.284 e. The standard InChI is InChI=1S/C22H16N4O2S2/c23-15-11-12-16(24)19-18(15)29-22(30-19)17-20(27)25(13-7-3-1-4-8-13)26(21(17)28)14-9-5-2-6-10-14/h1-12H,23-24H2. The average molecular weight is 433 g/mol. The summed E-state index contributed by atoms with van der Waals surface area (Å²) >= 11 is 2.64. The van der Waals surface area contributed by atoms with E-state index in [2.05, 4.69) is 0 Å². The van der Waals surface area contributed by atoms with E-state index in [9.17, 15) is 9.59 Å². The molecular weight excluding hydrogens is 416 g/mol. The molecule has 30 heavy (non-hydrogen) atoms. The summed E-state index contributed by atoms with van der Waals surface area (Å²) in [5, 5.41) is 2.83. The van der Waals surface area contributed by atoms with Gasteiger partial charge in [-0.1, -0.05) is 59.9 Å². The van der Waals surface area contributed by atoms with Gasteiger partial charge in [-0.2, -0.15) is 0 Å². The molecule has 0 saturated carbocycles. The average Bonchev–Trinajstić information content (AvgIpc) is 3.32. The van der Waals surface area contributed by atoms with Crippen LogP contribution >= 0.6 is 23.5 Å². The molecule has 3 aromatic rings. The zero-order valence-corrected chi connectivity index (χ0v) is 17.2. The van der Waals surface area contributed by atoms with Crippen LogP contribution < -0.4 is 21.5 Å². The number of benzene rings is 3. The van der Waals surface area contributed by atoms with Gasteiger partial charge in [0.25, 0.3) is 11.8 Å². The number of anilines is 4. The molecule has 0 aliphatic carbocycles. The number of hydrazine groups is 1. The Balaban J connectivity index is 1.66. The van der Waals surface area contributed by atoms with E-state index in [0.29, 0.717) is 27.0 Å². The third-order valence-electron chi connectivity index (χ3n) is 4.78. The predicted octanol–water partition coefficient (Wildman–Crippen LogP) is 4.26. The Morgan fingerprint density at radius 2 is 1.00 bits per heavy atom. The number of hydrogen-bond donors (Lipinski definition) is 2. The summed E-state index contributed by atoms with van der Waals surface area (Å²) in [6, 6.07) is 21.7. The van der Waals surface area contributed by atoms with Crippen molar-refractivity contribution in [3.63, 3.8) is 0 Å². The van der Waals surface area contributed by atoms with Crippen molar-refractivity contribution in [1.29, 1.82) is 0 Å². The van der Waals surface area contributed by atoms with Crippen LogP contribution in [0.3, 0.4) is 0 Å². The molecule has 0 aromatic heterocycles. The number of amides is 2. The van der Waals surface area contributed by atoms with Gasteiger partial charge in [0.15, 0.2) is 0 Å². The summed E-state index contributed by atoms with van der Waals surface area (Å²) in [7, 11) is 0. The number of nitrogen functional groups attached to an aromatic ring is 2. The van der Waals surface area contributed by atoms with Crippen LogP contribution in [0.15, 0.2) is 92.4 Å². The number of carbonyl (C=O) groups excluding carboxylic acids is 2. The second kappa shape index (κ2) is 7.16. The molecule has 148 valence electrons. The first-order valence-electron chi connectivity index (χ1n) is 9.13. The largest absolute Gasteiger partial charge is 0.398 e. The van der Waals surface area contributed by atoms with Crippen molar-refractivity contribution in [1.82, 2.24) is 0 Å². The van der Waals surface area contributed by atoms with Gasteiger partial charge >= 0.3 is 0 Å². The van der Waals surface area contributed by atoms with Gasteiger partial charge in [0.05, 0.1) is 25.4 Å². The van der Waals surface area contributed by atoms with Crippen molar-refractivity contribution in [3.8, 4) is 0 Å². The Morgan fingerprint density at radius 1 is 0.600 bits per heavy atom. The fraction of sp³-hybridized carbons (Fsp3) is 0. The van der Waals surface area contributed by atoms with Crippen molar-refractivity contribution in [2.75, 3.05) is 21.5 Å². The molecule has 3 aromatic carbocycles. The molecule has 2 aliphatic heterocycles. The zero-order valence-electron chi connectivity index (χ0n) is 15.6. The van der Waals surface area contributed by atoms with Crippen molar-refractivity contribution >= 4 is 58.1 Å². The Morgan fingerprint density at radius 3 is 1.40 bits per heavy atom. The van der Waals surface area contributed by atoms with Crippen molar-refractivity contribution in [2.24, 2.45) is 0 Å². The smallest absolute Gasteiger partial charge is 0.284 e. The molecule has 0 unspecified atom stereocenters. The Labute approximate surface area is 181 Å². The van der Waals surface area contributed by atoms with Crippen LogP contribution in [0.5, 0.6) is 0 Å². The van der Waals surface area contributed by atoms with E-state index >= 15 is 0 Å². The van der Waals surface area contributed by atoms with E-state index in [-0.39, 0.29) is 17.4 Å². The number of carbonyl (C=O) groups is 2. The number of nitrogens with two attached hydrogens (primary N) is 2. The minimum absolute atomic E-state index is 0.118. The zero-order chi connectivity index (χ0) is 20.8. The van der Waals surface area contributed by atoms with Crippen LogP contribution in [0.4, 0.5) is 22.7 Å². The highest BCUT2D eigenvalue weighted by molar-refractivity contribution is 8.25. The summed E-state index contributed by atoms with van der Waals surface area (Å²) in [4.78, 5) is 28.6. The lowest BCUT2D eigenvalue weighted by atomic mass is 10.2. The van der Waals surface area contributed by atoms with Gasteiger partial charge in [0.2, 0.25) is 0 Å². The van der Waals surface area contributed by atoms with Crippen LogP contribution in [-0.4, -0.2) is 11.8 Å². The maximum absolute atomic E-state index is 13.5. The Bertz CT molecular complexity index is 1120. The first-order chi connectivity index (χ1) is 14.6. The number of nitrogens with zero attached hydrogens (tertiary/aromatic N) is 2. The summed E-state index contributed by atoms with van der Waals surface area (Å²) in [5.74, 6) is -0.759. The molecule has 0 atom stereocenters. The van der Waals surface area contributed by atoms with E-state index in [1.54, 1.807) is 36.4 Å². The highest BCUT2D eigenvalue weighted by Crippen LogP contribution is 2.57. The minimum atomic E-state index is -0.380. The lowest BCUT2D eigenvalue weighted by Crippen LogP contribution is -2.41. The lowest BCUT2D eigenvalue weighted by Gasteiger charge is -2.27. The van der Waals surface area contributed by atoms with Crippen LogP contribution in [0.2, 0.25) is 0 Å². The van der Waals surface area contributed by atoms with Gasteiger partial charge in [-0.3, -0.25) is 9.59 Å². The quantitative estimate of drug-likeness (QED) is 0.357. The monoisotopic (exact) mass is 432 g/mol. The predicted molar refractivity (Wildman–Crippen MR) is 122 cm³/mol. The fourth-order valence-electron chi connectivity index (χ4n) is 3.38. The van der Waals surface area contributed by atoms with Crippen LogP contribution in [0.1, 0.15) is 0 Å². The minimum Gasteiger partial charge on any atom is -0.398 e. The number of rotatable bonds is 2. The molecule has 4 N–H and O–H groups in total. The molecule has 2 aliphatic rings. The van der Waals surface area contributed by atoms with E-state index in [1.807, 2.05) is 36.4 Å². The van der Waals surface area contributed by atoms with E-state index in [4.69, 9.17) is 11.5 Å². The Hall–Kier alpha value is -3.36. The van der Waals surface area contributed by atoms with E-state index in [0.717, 1.165) is 9.79 Å². The normalized spacial score (nSPS) is 15.9. The van der Waals surface area contributed by atoms with Crippen LogP contribution in [-0.2, 0) is 9.59 Å². The highest BCUT2D eigenvalue weighted by atomic mass is 32.2. The topological polar surface area (TPSA) is 92.7 Å². The molecule has 2 heterocycles. The van der Waals surface area contributed by atoms with Crippen LogP contribution in [0, 0.1) is 0 Å². The molecule has 0 radical (unpaired) electrons. The third kappa shape index (κ3) is 2.84. The van der Waals surface area contributed by atoms with Gasteiger partial charge in [-0.25, -0.2) is 10.0 Å². The van der Waals surface area contributed by atoms with Gasteiger partial charge in [0, 0.05) is 11.4 Å². The van der Waals surface area contributed by atoms with Gasteiger partial charge < -0.3 is 11.5 Å². The van der Waals surface area contributed by atoms with Crippen LogP contribution in [0.25, 0.3) is 0 Å². The number of thioether (sulfide) groups is 2. The summed E-state index contributed by atoms with van der Waals surface area (Å²) in [6.45, 7) is 0. The van der Waals surface area contributed by atoms with Crippen molar-refractivity contribution < 1.29 is 9.59 Å². The third-order valence-corrected chi connectivity index (χ3v) is 7.48. The summed E-state index contributed by atoms with van der Waals surface area (Å²) < 4.78 is 0.587. The molecule has 2 amide bonds. The fourth-order valence-corrected chi connectivity index (χ4v) is 6.01. The van der Waals surface area contributed by atoms with Gasteiger partial charge in [0.1, 0.15) is 5.57 Å². The molecule has 1 saturated heterocycles. The summed E-state index contributed by atoms with van der Waals surface area (Å²) in [6.07, 6.45) is 0. The second-order valence-electron chi connectivity index (χ2n) is 6.67. The molecule has 6 nitrogen and oxygen atoms in total. The molecular formula is C22H16N4O2S2. The van der Waals surface area contributed by atoms with Crippen molar-refractivity contribution in [3.05, 3.63) is 82.6 Å². The first-order valence-corrected chi connectivity index (χ1v) is 10.8. The first kappa shape index (κ1) is 18.7. The lowest BCUT2D eigenvalue weighted by molar-refractivity contribution is -0.116. The maximum atomic E-state index is 13.5. The molecule has 0 bridgehead atoms. The Kier molecular flexibility index (Phi) is 4.45.